The van der Waals surface area contributed by atoms with Gasteiger partial charge in [-0.3, -0.25) is 0 Å². The lowest BCUT2D eigenvalue weighted by atomic mass is 10.2. The molecule has 0 atom stereocenters. The lowest BCUT2D eigenvalue weighted by Crippen LogP contribution is -2.13. The Labute approximate surface area is 135 Å². The molecule has 0 aliphatic heterocycles. The van der Waals surface area contributed by atoms with Gasteiger partial charge in [-0.2, -0.15) is 0 Å². The van der Waals surface area contributed by atoms with Crippen LogP contribution in [0.2, 0.25) is 0 Å². The van der Waals surface area contributed by atoms with Crippen molar-refractivity contribution in [3.8, 4) is 17.1 Å². The molecule has 0 bridgehead atoms. The van der Waals surface area contributed by atoms with Crippen LogP contribution in [0.1, 0.15) is 0 Å². The zero-order chi connectivity index (χ0) is 15.5. The summed E-state index contributed by atoms with van der Waals surface area (Å²) in [5.41, 5.74) is 2.59. The van der Waals surface area contributed by atoms with E-state index in [9.17, 15) is 4.79 Å². The molecule has 6 heteroatoms. The number of hydrogen-bond acceptors (Lipinski definition) is 4. The Kier molecular flexibility index (Phi) is 4.11. The van der Waals surface area contributed by atoms with Gasteiger partial charge >= 0.3 is 5.97 Å². The summed E-state index contributed by atoms with van der Waals surface area (Å²) >= 11 is 3.44. The number of benzene rings is 2. The Morgan fingerprint density at radius 2 is 2.09 bits per heavy atom. The summed E-state index contributed by atoms with van der Waals surface area (Å²) in [6.07, 6.45) is 0. The number of imidazole rings is 1. The number of aromatic amines is 1. The highest BCUT2D eigenvalue weighted by molar-refractivity contribution is 9.10. The Bertz CT molecular complexity index is 796. The maximum absolute atomic E-state index is 11.3. The highest BCUT2D eigenvalue weighted by atomic mass is 79.9. The Morgan fingerprint density at radius 3 is 2.86 bits per heavy atom. The molecule has 3 rings (SSSR count). The van der Waals surface area contributed by atoms with Crippen LogP contribution in [0, 0.1) is 0 Å². The zero-order valence-corrected chi connectivity index (χ0v) is 13.4. The van der Waals surface area contributed by atoms with Crippen LogP contribution in [0.5, 0.6) is 5.75 Å². The fourth-order valence-electron chi connectivity index (χ4n) is 2.09. The summed E-state index contributed by atoms with van der Waals surface area (Å²) in [6.45, 7) is -0.147. The van der Waals surface area contributed by atoms with Gasteiger partial charge in [0, 0.05) is 4.47 Å². The molecular formula is C16H13BrN2O3. The van der Waals surface area contributed by atoms with E-state index in [1.165, 1.54) is 7.11 Å². The van der Waals surface area contributed by atoms with Crippen molar-refractivity contribution in [2.24, 2.45) is 0 Å². The fraction of sp³-hybridized carbons (Fsp3) is 0.125. The average Bonchev–Trinajstić information content (AvgIpc) is 2.97. The first-order chi connectivity index (χ1) is 10.7. The van der Waals surface area contributed by atoms with E-state index in [2.05, 4.69) is 30.6 Å². The molecule has 2 aromatic carbocycles. The standard InChI is InChI=1S/C16H13BrN2O3/c1-21-15(20)9-22-14-7-6-10(17)8-11(14)16-18-12-4-2-3-5-13(12)19-16/h2-8H,9H2,1H3,(H,18,19). The lowest BCUT2D eigenvalue weighted by molar-refractivity contribution is -0.142. The van der Waals surface area contributed by atoms with Gasteiger partial charge in [-0.25, -0.2) is 9.78 Å². The molecule has 0 aliphatic carbocycles. The molecule has 1 aromatic heterocycles. The largest absolute Gasteiger partial charge is 0.481 e. The van der Waals surface area contributed by atoms with E-state index in [0.29, 0.717) is 11.6 Å². The Hall–Kier alpha value is -2.34. The third-order valence-corrected chi connectivity index (χ3v) is 3.65. The van der Waals surface area contributed by atoms with Crippen LogP contribution in [-0.2, 0) is 9.53 Å². The summed E-state index contributed by atoms with van der Waals surface area (Å²) in [6, 6.07) is 13.3. The van der Waals surface area contributed by atoms with Crippen LogP contribution in [0.4, 0.5) is 0 Å². The van der Waals surface area contributed by atoms with Crippen LogP contribution in [0.25, 0.3) is 22.4 Å². The number of ether oxygens (including phenoxy) is 2. The second-order valence-corrected chi connectivity index (χ2v) is 5.52. The molecule has 3 aromatic rings. The number of fused-ring (bicyclic) bond motifs is 1. The van der Waals surface area contributed by atoms with E-state index in [4.69, 9.17) is 4.74 Å². The zero-order valence-electron chi connectivity index (χ0n) is 11.8. The molecule has 1 N–H and O–H groups in total. The van der Waals surface area contributed by atoms with Crippen LogP contribution in [0.3, 0.4) is 0 Å². The number of carbonyl (C=O) groups is 1. The van der Waals surface area contributed by atoms with Gasteiger partial charge in [0.1, 0.15) is 11.6 Å². The molecule has 0 saturated heterocycles. The molecule has 112 valence electrons. The molecule has 0 aliphatic rings. The summed E-state index contributed by atoms with van der Waals surface area (Å²) in [5.74, 6) is 0.813. The number of aromatic nitrogens is 2. The molecule has 0 saturated carbocycles. The minimum Gasteiger partial charge on any atom is -0.481 e. The van der Waals surface area contributed by atoms with E-state index in [1.807, 2.05) is 36.4 Å². The van der Waals surface area contributed by atoms with E-state index in [-0.39, 0.29) is 6.61 Å². The van der Waals surface area contributed by atoms with E-state index in [0.717, 1.165) is 21.1 Å². The number of methoxy groups -OCH3 is 1. The number of H-pyrrole nitrogens is 1. The van der Waals surface area contributed by atoms with E-state index in [1.54, 1.807) is 6.07 Å². The van der Waals surface area contributed by atoms with Crippen molar-refractivity contribution >= 4 is 32.9 Å². The van der Waals surface area contributed by atoms with Crippen molar-refractivity contribution in [3.63, 3.8) is 0 Å². The van der Waals surface area contributed by atoms with Crippen LogP contribution < -0.4 is 4.74 Å². The minimum atomic E-state index is -0.432. The molecular weight excluding hydrogens is 348 g/mol. The Balaban J connectivity index is 2.00. The second-order valence-electron chi connectivity index (χ2n) is 4.61. The SMILES string of the molecule is COC(=O)COc1ccc(Br)cc1-c1nc2ccccc2[nH]1. The lowest BCUT2D eigenvalue weighted by Gasteiger charge is -2.09. The van der Waals surface area contributed by atoms with Gasteiger partial charge in [0.25, 0.3) is 0 Å². The monoisotopic (exact) mass is 360 g/mol. The number of esters is 1. The minimum absolute atomic E-state index is 0.147. The van der Waals surface area contributed by atoms with Crippen LogP contribution in [0.15, 0.2) is 46.9 Å². The quantitative estimate of drug-likeness (QED) is 0.722. The molecule has 1 heterocycles. The third-order valence-electron chi connectivity index (χ3n) is 3.16. The number of halogens is 1. The van der Waals surface area contributed by atoms with Gasteiger partial charge in [0.15, 0.2) is 6.61 Å². The fourth-order valence-corrected chi connectivity index (χ4v) is 2.45. The van der Waals surface area contributed by atoms with Crippen molar-refractivity contribution in [2.45, 2.75) is 0 Å². The van der Waals surface area contributed by atoms with Crippen molar-refractivity contribution in [3.05, 3.63) is 46.9 Å². The molecule has 22 heavy (non-hydrogen) atoms. The number of nitrogens with zero attached hydrogens (tertiary/aromatic N) is 1. The topological polar surface area (TPSA) is 64.2 Å². The summed E-state index contributed by atoms with van der Waals surface area (Å²) in [4.78, 5) is 19.1. The number of nitrogens with one attached hydrogen (secondary N) is 1. The van der Waals surface area contributed by atoms with Crippen LogP contribution in [-0.4, -0.2) is 29.7 Å². The number of para-hydroxylation sites is 2. The smallest absolute Gasteiger partial charge is 0.343 e. The van der Waals surface area contributed by atoms with E-state index >= 15 is 0 Å². The first kappa shape index (κ1) is 14.6. The maximum atomic E-state index is 11.3. The van der Waals surface area contributed by atoms with Crippen molar-refractivity contribution in [1.82, 2.24) is 9.97 Å². The van der Waals surface area contributed by atoms with Gasteiger partial charge in [0.2, 0.25) is 0 Å². The summed E-state index contributed by atoms with van der Waals surface area (Å²) in [5, 5.41) is 0. The summed E-state index contributed by atoms with van der Waals surface area (Å²) in [7, 11) is 1.33. The molecule has 0 radical (unpaired) electrons. The first-order valence-corrected chi connectivity index (χ1v) is 7.41. The second kappa shape index (κ2) is 6.19. The molecule has 5 nitrogen and oxygen atoms in total. The number of carbonyl (C=O) groups excluding carboxylic acids is 1. The third kappa shape index (κ3) is 2.96. The predicted molar refractivity (Wildman–Crippen MR) is 86.7 cm³/mol. The maximum Gasteiger partial charge on any atom is 0.343 e. The molecule has 0 amide bonds. The van der Waals surface area contributed by atoms with Gasteiger partial charge in [-0.1, -0.05) is 28.1 Å². The first-order valence-electron chi connectivity index (χ1n) is 6.61. The molecule has 0 spiro atoms. The van der Waals surface area contributed by atoms with Gasteiger partial charge in [-0.15, -0.1) is 0 Å². The number of hydrogen-bond donors (Lipinski definition) is 1. The Morgan fingerprint density at radius 1 is 1.27 bits per heavy atom. The average molecular weight is 361 g/mol. The highest BCUT2D eigenvalue weighted by Crippen LogP contribution is 2.32. The van der Waals surface area contributed by atoms with E-state index < -0.39 is 5.97 Å². The van der Waals surface area contributed by atoms with Crippen molar-refractivity contribution < 1.29 is 14.3 Å². The van der Waals surface area contributed by atoms with Crippen molar-refractivity contribution in [2.75, 3.05) is 13.7 Å². The van der Waals surface area contributed by atoms with Crippen LogP contribution >= 0.6 is 15.9 Å². The summed E-state index contributed by atoms with van der Waals surface area (Å²) < 4.78 is 11.0. The molecule has 0 fully saturated rings. The normalized spacial score (nSPS) is 10.6. The highest BCUT2D eigenvalue weighted by Gasteiger charge is 2.13. The number of rotatable bonds is 4. The molecule has 0 unspecified atom stereocenters. The predicted octanol–water partition coefficient (Wildman–Crippen LogP) is 3.54. The van der Waals surface area contributed by atoms with Crippen molar-refractivity contribution in [1.29, 1.82) is 0 Å². The van der Waals surface area contributed by atoms with Gasteiger partial charge in [0.05, 0.1) is 23.7 Å². The van der Waals surface area contributed by atoms with Gasteiger partial charge < -0.3 is 14.5 Å². The van der Waals surface area contributed by atoms with Gasteiger partial charge in [-0.05, 0) is 30.3 Å².